The van der Waals surface area contributed by atoms with Crippen LogP contribution in [0.25, 0.3) is 11.0 Å². The molecule has 9 heteroatoms. The minimum atomic E-state index is -0.147. The van der Waals surface area contributed by atoms with Crippen molar-refractivity contribution in [2.24, 2.45) is 0 Å². The lowest BCUT2D eigenvalue weighted by molar-refractivity contribution is 0.122. The Balaban J connectivity index is 1.33. The van der Waals surface area contributed by atoms with Gasteiger partial charge in [0.15, 0.2) is 0 Å². The van der Waals surface area contributed by atoms with E-state index in [1.807, 2.05) is 12.1 Å². The minimum absolute atomic E-state index is 0.104. The van der Waals surface area contributed by atoms with E-state index in [9.17, 15) is 5.11 Å². The zero-order valence-electron chi connectivity index (χ0n) is 18.0. The van der Waals surface area contributed by atoms with Gasteiger partial charge in [0.1, 0.15) is 11.3 Å². The molecule has 2 fully saturated rings. The lowest BCUT2D eigenvalue weighted by Gasteiger charge is -2.31. The number of rotatable bonds is 6. The molecule has 2 N–H and O–H groups in total. The van der Waals surface area contributed by atoms with E-state index in [0.29, 0.717) is 36.4 Å². The van der Waals surface area contributed by atoms with E-state index < -0.39 is 0 Å². The SMILES string of the molecule is OCc1cnc2cc(N3CCOCC3)cc(O[C@H]3CC[C@@H](Nc4ncccn4)CC3)c2n1. The fourth-order valence-corrected chi connectivity index (χ4v) is 4.34. The summed E-state index contributed by atoms with van der Waals surface area (Å²) in [6, 6.07) is 6.26. The van der Waals surface area contributed by atoms with Crippen LogP contribution in [0, 0.1) is 0 Å². The Morgan fingerprint density at radius 3 is 2.59 bits per heavy atom. The number of nitrogens with zero attached hydrogens (tertiary/aromatic N) is 5. The van der Waals surface area contributed by atoms with E-state index in [-0.39, 0.29) is 12.7 Å². The van der Waals surface area contributed by atoms with Gasteiger partial charge >= 0.3 is 0 Å². The molecule has 0 spiro atoms. The van der Waals surface area contributed by atoms with Crippen LogP contribution in [0.1, 0.15) is 31.4 Å². The molecule has 9 nitrogen and oxygen atoms in total. The second-order valence-electron chi connectivity index (χ2n) is 8.24. The Morgan fingerprint density at radius 1 is 1.06 bits per heavy atom. The van der Waals surface area contributed by atoms with Gasteiger partial charge in [0.2, 0.25) is 5.95 Å². The maximum atomic E-state index is 9.54. The molecule has 0 atom stereocenters. The zero-order chi connectivity index (χ0) is 21.8. The molecule has 1 aliphatic carbocycles. The van der Waals surface area contributed by atoms with Crippen LogP contribution >= 0.6 is 0 Å². The van der Waals surface area contributed by atoms with Crippen molar-refractivity contribution in [2.75, 3.05) is 36.5 Å². The number of aromatic nitrogens is 4. The third kappa shape index (κ3) is 4.73. The van der Waals surface area contributed by atoms with E-state index in [0.717, 1.165) is 55.7 Å². The predicted octanol–water partition coefficient (Wildman–Crippen LogP) is 2.55. The topological polar surface area (TPSA) is 106 Å². The molecule has 1 aromatic carbocycles. The van der Waals surface area contributed by atoms with E-state index in [2.05, 4.69) is 36.2 Å². The van der Waals surface area contributed by atoms with E-state index in [1.165, 1.54) is 0 Å². The summed E-state index contributed by atoms with van der Waals surface area (Å²) in [5.41, 5.74) is 3.08. The van der Waals surface area contributed by atoms with E-state index in [1.54, 1.807) is 18.6 Å². The Morgan fingerprint density at radius 2 is 1.84 bits per heavy atom. The maximum absolute atomic E-state index is 9.54. The summed E-state index contributed by atoms with van der Waals surface area (Å²) in [6.07, 6.45) is 9.05. The Hall–Kier alpha value is -3.04. The number of morpholine rings is 1. The smallest absolute Gasteiger partial charge is 0.222 e. The highest BCUT2D eigenvalue weighted by Gasteiger charge is 2.24. The number of hydrogen-bond acceptors (Lipinski definition) is 9. The predicted molar refractivity (Wildman–Crippen MR) is 121 cm³/mol. The molecule has 1 aliphatic heterocycles. The van der Waals surface area contributed by atoms with Crippen LogP contribution in [0.2, 0.25) is 0 Å². The van der Waals surface area contributed by atoms with Crippen LogP contribution in [0.3, 0.4) is 0 Å². The molecule has 5 rings (SSSR count). The molecule has 0 radical (unpaired) electrons. The van der Waals surface area contributed by atoms with Crippen LogP contribution in [-0.4, -0.2) is 63.5 Å². The molecule has 0 unspecified atom stereocenters. The summed E-state index contributed by atoms with van der Waals surface area (Å²) < 4.78 is 12.0. The first-order chi connectivity index (χ1) is 15.8. The second-order valence-corrected chi connectivity index (χ2v) is 8.24. The van der Waals surface area contributed by atoms with Crippen LogP contribution in [0.5, 0.6) is 5.75 Å². The summed E-state index contributed by atoms with van der Waals surface area (Å²) >= 11 is 0. The van der Waals surface area contributed by atoms with Gasteiger partial charge in [0, 0.05) is 43.3 Å². The molecule has 32 heavy (non-hydrogen) atoms. The largest absolute Gasteiger partial charge is 0.488 e. The Kier molecular flexibility index (Phi) is 6.27. The van der Waals surface area contributed by atoms with Crippen LogP contribution < -0.4 is 15.0 Å². The molecule has 168 valence electrons. The van der Waals surface area contributed by atoms with Gasteiger partial charge in [-0.3, -0.25) is 4.98 Å². The standard InChI is InChI=1S/C23H28N6O3/c30-15-17-14-26-20-12-18(29-8-10-31-11-9-29)13-21(22(20)27-17)32-19-4-2-16(3-5-19)28-23-24-6-1-7-25-23/h1,6-7,12-14,16,19,30H,2-5,8-11,15H2,(H,24,25,28)/t16-,19+. The zero-order valence-corrected chi connectivity index (χ0v) is 18.0. The first-order valence-corrected chi connectivity index (χ1v) is 11.2. The third-order valence-corrected chi connectivity index (χ3v) is 6.05. The average molecular weight is 437 g/mol. The molecule has 1 saturated carbocycles. The quantitative estimate of drug-likeness (QED) is 0.603. The molecular weight excluding hydrogens is 408 g/mol. The van der Waals surface area contributed by atoms with Crippen molar-refractivity contribution in [2.45, 2.75) is 44.4 Å². The summed E-state index contributed by atoms with van der Waals surface area (Å²) in [5, 5.41) is 13.0. The number of nitrogens with one attached hydrogen (secondary N) is 1. The number of fused-ring (bicyclic) bond motifs is 1. The number of aliphatic hydroxyl groups is 1. The molecule has 3 aromatic rings. The molecule has 3 heterocycles. The van der Waals surface area contributed by atoms with Crippen molar-refractivity contribution >= 4 is 22.7 Å². The molecule has 2 aromatic heterocycles. The minimum Gasteiger partial charge on any atom is -0.488 e. The number of benzene rings is 1. The van der Waals surface area contributed by atoms with E-state index >= 15 is 0 Å². The highest BCUT2D eigenvalue weighted by Crippen LogP contribution is 2.33. The summed E-state index contributed by atoms with van der Waals surface area (Å²) in [6.45, 7) is 2.96. The number of hydrogen-bond donors (Lipinski definition) is 2. The molecule has 0 amide bonds. The molecule has 2 aliphatic rings. The fourth-order valence-electron chi connectivity index (χ4n) is 4.34. The van der Waals surface area contributed by atoms with Gasteiger partial charge in [0.25, 0.3) is 0 Å². The van der Waals surface area contributed by atoms with Gasteiger partial charge in [0.05, 0.1) is 43.3 Å². The number of ether oxygens (including phenoxy) is 2. The lowest BCUT2D eigenvalue weighted by atomic mass is 9.93. The summed E-state index contributed by atoms with van der Waals surface area (Å²) in [4.78, 5) is 20.0. The van der Waals surface area contributed by atoms with Crippen LogP contribution in [0.15, 0.2) is 36.8 Å². The molecular formula is C23H28N6O3. The van der Waals surface area contributed by atoms with Crippen molar-refractivity contribution in [1.29, 1.82) is 0 Å². The first kappa shape index (κ1) is 20.8. The van der Waals surface area contributed by atoms with Crippen LogP contribution in [0.4, 0.5) is 11.6 Å². The van der Waals surface area contributed by atoms with Gasteiger partial charge in [-0.25, -0.2) is 15.0 Å². The van der Waals surface area contributed by atoms with E-state index in [4.69, 9.17) is 9.47 Å². The van der Waals surface area contributed by atoms with Crippen molar-refractivity contribution < 1.29 is 14.6 Å². The van der Waals surface area contributed by atoms with Crippen molar-refractivity contribution in [3.8, 4) is 5.75 Å². The van der Waals surface area contributed by atoms with Gasteiger partial charge in [-0.05, 0) is 37.8 Å². The second kappa shape index (κ2) is 9.62. The third-order valence-electron chi connectivity index (χ3n) is 6.05. The Bertz CT molecular complexity index is 1040. The monoisotopic (exact) mass is 436 g/mol. The fraction of sp³-hybridized carbons (Fsp3) is 0.478. The average Bonchev–Trinajstić information content (AvgIpc) is 2.86. The highest BCUT2D eigenvalue weighted by atomic mass is 16.5. The first-order valence-electron chi connectivity index (χ1n) is 11.2. The van der Waals surface area contributed by atoms with Crippen LogP contribution in [-0.2, 0) is 11.3 Å². The number of anilines is 2. The van der Waals surface area contributed by atoms with Gasteiger partial charge in [-0.15, -0.1) is 0 Å². The number of aliphatic hydroxyl groups excluding tert-OH is 1. The van der Waals surface area contributed by atoms with Gasteiger partial charge in [-0.2, -0.15) is 0 Å². The normalized spacial score (nSPS) is 21.5. The molecule has 1 saturated heterocycles. The summed E-state index contributed by atoms with van der Waals surface area (Å²) in [7, 11) is 0. The van der Waals surface area contributed by atoms with Crippen molar-refractivity contribution in [1.82, 2.24) is 19.9 Å². The molecule has 0 bridgehead atoms. The summed E-state index contributed by atoms with van der Waals surface area (Å²) in [5.74, 6) is 1.41. The maximum Gasteiger partial charge on any atom is 0.222 e. The van der Waals surface area contributed by atoms with Crippen molar-refractivity contribution in [3.63, 3.8) is 0 Å². The van der Waals surface area contributed by atoms with Crippen molar-refractivity contribution in [3.05, 3.63) is 42.5 Å². The lowest BCUT2D eigenvalue weighted by Crippen LogP contribution is -2.36. The highest BCUT2D eigenvalue weighted by molar-refractivity contribution is 5.85. The van der Waals surface area contributed by atoms with Gasteiger partial charge in [-0.1, -0.05) is 0 Å². The van der Waals surface area contributed by atoms with Gasteiger partial charge < -0.3 is 24.8 Å². The Labute approximate surface area is 186 Å².